The lowest BCUT2D eigenvalue weighted by molar-refractivity contribution is -0.370. The van der Waals surface area contributed by atoms with Crippen LogP contribution in [-0.2, 0) is 0 Å². The van der Waals surface area contributed by atoms with E-state index in [9.17, 15) is 0 Å². The van der Waals surface area contributed by atoms with Gasteiger partial charge < -0.3 is 0 Å². The minimum atomic E-state index is 1.22. The fraction of sp³-hybridized carbons (Fsp3) is 0. The van der Waals surface area contributed by atoms with E-state index in [0.29, 0.717) is 0 Å². The standard InChI is InChI=1S/C7H5NS.C3H3NS/c1-2-4-7-6(3-1)8-5-9-7;1-2-5-3-4-1/h1-5H;1-3H/p+2. The van der Waals surface area contributed by atoms with Gasteiger partial charge in [0.2, 0.25) is 16.5 Å². The molecule has 2 heterocycles. The van der Waals surface area contributed by atoms with Crippen LogP contribution in [0.5, 0.6) is 0 Å². The summed E-state index contributed by atoms with van der Waals surface area (Å²) in [6, 6.07) is 8.26. The highest BCUT2D eigenvalue weighted by Crippen LogP contribution is 2.12. The third-order valence-corrected chi connectivity index (χ3v) is 3.08. The van der Waals surface area contributed by atoms with Gasteiger partial charge in [0.25, 0.3) is 0 Å². The van der Waals surface area contributed by atoms with Crippen LogP contribution in [0.4, 0.5) is 0 Å². The molecule has 14 heavy (non-hydrogen) atoms. The number of thiazole rings is 2. The Morgan fingerprint density at radius 2 is 2.00 bits per heavy atom. The van der Waals surface area contributed by atoms with Crippen LogP contribution in [0.1, 0.15) is 0 Å². The monoisotopic (exact) mass is 222 g/mol. The number of aromatic nitrogens is 2. The Morgan fingerprint density at radius 1 is 1.07 bits per heavy atom. The molecule has 3 aromatic rings. The molecule has 0 fully saturated rings. The van der Waals surface area contributed by atoms with E-state index in [2.05, 4.69) is 22.1 Å². The molecule has 2 nitrogen and oxygen atoms in total. The van der Waals surface area contributed by atoms with Gasteiger partial charge in [-0.05, 0) is 6.07 Å². The zero-order valence-electron chi connectivity index (χ0n) is 7.44. The molecule has 0 atom stereocenters. The Balaban J connectivity index is 0.000000128. The number of rotatable bonds is 0. The zero-order chi connectivity index (χ0) is 9.64. The normalized spacial score (nSPS) is 9.43. The van der Waals surface area contributed by atoms with Crippen LogP contribution in [0, 0.1) is 0 Å². The lowest BCUT2D eigenvalue weighted by Crippen LogP contribution is -1.92. The van der Waals surface area contributed by atoms with E-state index in [1.54, 1.807) is 22.7 Å². The molecule has 0 unspecified atom stereocenters. The highest BCUT2D eigenvalue weighted by Gasteiger charge is 1.96. The van der Waals surface area contributed by atoms with Gasteiger partial charge in [0, 0.05) is 6.07 Å². The topological polar surface area (TPSA) is 28.3 Å². The second-order valence-electron chi connectivity index (χ2n) is 2.60. The third kappa shape index (κ3) is 2.37. The Bertz CT molecular complexity index is 426. The number of aromatic amines is 2. The van der Waals surface area contributed by atoms with Gasteiger partial charge in [-0.3, -0.25) is 0 Å². The van der Waals surface area contributed by atoms with E-state index < -0.39 is 0 Å². The molecule has 70 valence electrons. The molecule has 4 heteroatoms. The minimum Gasteiger partial charge on any atom is -0.208 e. The maximum atomic E-state index is 3.14. The maximum Gasteiger partial charge on any atom is 0.224 e. The Hall–Kier alpha value is -1.26. The van der Waals surface area contributed by atoms with Crippen LogP contribution in [0.15, 0.2) is 46.9 Å². The molecular weight excluding hydrogens is 212 g/mol. The van der Waals surface area contributed by atoms with Crippen LogP contribution in [0.3, 0.4) is 0 Å². The molecular formula is C10H10N2S2+2. The SMILES string of the molecule is c1ccc2sc[nH+]c2c1.c1csc[nH+]1. The van der Waals surface area contributed by atoms with Gasteiger partial charge in [0.05, 0.1) is 5.38 Å². The zero-order valence-corrected chi connectivity index (χ0v) is 9.07. The number of para-hydroxylation sites is 1. The molecule has 0 saturated carbocycles. The molecule has 0 aliphatic rings. The largest absolute Gasteiger partial charge is 0.224 e. The van der Waals surface area contributed by atoms with E-state index in [1.807, 2.05) is 34.7 Å². The first-order chi connectivity index (χ1) is 6.97. The van der Waals surface area contributed by atoms with E-state index in [1.165, 1.54) is 10.2 Å². The highest BCUT2D eigenvalue weighted by molar-refractivity contribution is 7.16. The van der Waals surface area contributed by atoms with Crippen molar-refractivity contribution in [3.05, 3.63) is 46.9 Å². The lowest BCUT2D eigenvalue weighted by atomic mass is 10.3. The fourth-order valence-corrected chi connectivity index (χ4v) is 2.16. The first-order valence-corrected chi connectivity index (χ1v) is 6.01. The van der Waals surface area contributed by atoms with Gasteiger partial charge >= 0.3 is 0 Å². The Kier molecular flexibility index (Phi) is 3.21. The molecule has 0 amide bonds. The van der Waals surface area contributed by atoms with Gasteiger partial charge in [-0.25, -0.2) is 9.97 Å². The van der Waals surface area contributed by atoms with Crippen LogP contribution < -0.4 is 9.97 Å². The summed E-state index contributed by atoms with van der Waals surface area (Å²) < 4.78 is 1.32. The summed E-state index contributed by atoms with van der Waals surface area (Å²) in [6.45, 7) is 0. The first kappa shape index (κ1) is 9.30. The molecule has 0 aliphatic heterocycles. The summed E-state index contributed by atoms with van der Waals surface area (Å²) in [5.41, 5.74) is 5.13. The summed E-state index contributed by atoms with van der Waals surface area (Å²) in [4.78, 5) is 6.02. The van der Waals surface area contributed by atoms with E-state index >= 15 is 0 Å². The molecule has 3 rings (SSSR count). The highest BCUT2D eigenvalue weighted by atomic mass is 32.1. The van der Waals surface area contributed by atoms with Crippen molar-refractivity contribution >= 4 is 32.9 Å². The van der Waals surface area contributed by atoms with Crippen LogP contribution in [0.2, 0.25) is 0 Å². The summed E-state index contributed by atoms with van der Waals surface area (Å²) in [5.74, 6) is 0. The average molecular weight is 222 g/mol. The molecule has 0 aliphatic carbocycles. The predicted molar refractivity (Wildman–Crippen MR) is 59.3 cm³/mol. The minimum absolute atomic E-state index is 1.22. The molecule has 2 aromatic heterocycles. The quantitative estimate of drug-likeness (QED) is 0.558. The maximum absolute atomic E-state index is 3.14. The van der Waals surface area contributed by atoms with Gasteiger partial charge in [-0.15, -0.1) is 0 Å². The number of benzene rings is 1. The average Bonchev–Trinajstić information content (AvgIpc) is 2.92. The number of hydrogen-bond donors (Lipinski definition) is 0. The van der Waals surface area contributed by atoms with Crippen molar-refractivity contribution in [3.8, 4) is 0 Å². The van der Waals surface area contributed by atoms with E-state index in [-0.39, 0.29) is 0 Å². The Labute approximate surface area is 89.9 Å². The molecule has 0 spiro atoms. The van der Waals surface area contributed by atoms with Crippen molar-refractivity contribution in [3.63, 3.8) is 0 Å². The summed E-state index contributed by atoms with van der Waals surface area (Å²) in [7, 11) is 0. The summed E-state index contributed by atoms with van der Waals surface area (Å²) in [5, 5.41) is 1.99. The van der Waals surface area contributed by atoms with Gasteiger partial charge in [0.1, 0.15) is 4.70 Å². The van der Waals surface area contributed by atoms with Gasteiger partial charge in [-0.2, -0.15) is 0 Å². The van der Waals surface area contributed by atoms with Crippen molar-refractivity contribution in [2.24, 2.45) is 0 Å². The lowest BCUT2D eigenvalue weighted by Gasteiger charge is -1.75. The fourth-order valence-electron chi connectivity index (χ4n) is 1.04. The van der Waals surface area contributed by atoms with Gasteiger partial charge in [0.15, 0.2) is 6.20 Å². The van der Waals surface area contributed by atoms with E-state index in [0.717, 1.165) is 0 Å². The third-order valence-electron chi connectivity index (χ3n) is 1.67. The first-order valence-electron chi connectivity index (χ1n) is 4.19. The van der Waals surface area contributed by atoms with Crippen LogP contribution in [-0.4, -0.2) is 0 Å². The number of nitrogens with one attached hydrogen (secondary N) is 2. The second-order valence-corrected chi connectivity index (χ2v) is 4.29. The van der Waals surface area contributed by atoms with Crippen LogP contribution >= 0.6 is 22.7 Å². The second kappa shape index (κ2) is 4.83. The van der Waals surface area contributed by atoms with Crippen LogP contribution in [0.25, 0.3) is 10.2 Å². The van der Waals surface area contributed by atoms with Gasteiger partial charge in [-0.1, -0.05) is 34.8 Å². The Morgan fingerprint density at radius 3 is 2.64 bits per heavy atom. The molecule has 0 saturated heterocycles. The van der Waals surface area contributed by atoms with Crippen molar-refractivity contribution in [2.45, 2.75) is 0 Å². The van der Waals surface area contributed by atoms with Crippen molar-refractivity contribution < 1.29 is 9.97 Å². The number of H-pyrrole nitrogens is 2. The molecule has 0 bridgehead atoms. The van der Waals surface area contributed by atoms with E-state index in [4.69, 9.17) is 0 Å². The number of fused-ring (bicyclic) bond motifs is 1. The number of hydrogen-bond acceptors (Lipinski definition) is 2. The molecule has 1 aromatic carbocycles. The van der Waals surface area contributed by atoms with Crippen molar-refractivity contribution in [1.29, 1.82) is 0 Å². The molecule has 2 N–H and O–H groups in total. The van der Waals surface area contributed by atoms with Crippen molar-refractivity contribution in [2.75, 3.05) is 0 Å². The van der Waals surface area contributed by atoms with Crippen molar-refractivity contribution in [1.82, 2.24) is 0 Å². The summed E-state index contributed by atoms with van der Waals surface area (Å²) >= 11 is 3.39. The summed E-state index contributed by atoms with van der Waals surface area (Å²) in [6.07, 6.45) is 1.89. The smallest absolute Gasteiger partial charge is 0.208 e. The predicted octanol–water partition coefficient (Wildman–Crippen LogP) is 2.28. The molecule has 0 radical (unpaired) electrons.